The van der Waals surface area contributed by atoms with E-state index in [1.54, 1.807) is 0 Å². The van der Waals surface area contributed by atoms with Crippen molar-refractivity contribution in [3.8, 4) is 0 Å². The van der Waals surface area contributed by atoms with Crippen molar-refractivity contribution in [3.63, 3.8) is 0 Å². The van der Waals surface area contributed by atoms with Gasteiger partial charge in [0, 0.05) is 5.41 Å². The SMILES string of the molecule is C=C(OCC(F)(F)S(=O)(=O)O)C12CC3CC(CC(C3)C1)C2. The maximum Gasteiger partial charge on any atom is 0.402 e. The van der Waals surface area contributed by atoms with Crippen molar-refractivity contribution in [2.75, 3.05) is 6.61 Å². The summed E-state index contributed by atoms with van der Waals surface area (Å²) in [6, 6.07) is 0. The summed E-state index contributed by atoms with van der Waals surface area (Å²) < 4.78 is 61.3. The molecule has 0 amide bonds. The molecular formula is C14H20F2O4S. The normalized spacial score (nSPS) is 38.5. The fourth-order valence-electron chi connectivity index (χ4n) is 4.85. The summed E-state index contributed by atoms with van der Waals surface area (Å²) in [5, 5.41) is -4.29. The standard InChI is InChI=1S/C14H20F2O4S/c1-9(20-8-14(15,16)21(17,18)19)13-5-10-2-11(6-13)4-12(3-10)7-13/h10-12H,1-8H2,(H,17,18,19). The first-order valence-corrected chi connectivity index (χ1v) is 8.72. The molecule has 21 heavy (non-hydrogen) atoms. The van der Waals surface area contributed by atoms with Crippen LogP contribution in [0.1, 0.15) is 38.5 Å². The maximum atomic E-state index is 13.3. The highest BCUT2D eigenvalue weighted by atomic mass is 32.2. The third kappa shape index (κ3) is 2.59. The highest BCUT2D eigenvalue weighted by molar-refractivity contribution is 7.86. The van der Waals surface area contributed by atoms with Crippen molar-refractivity contribution >= 4 is 10.1 Å². The molecule has 4 aliphatic rings. The number of halogens is 2. The van der Waals surface area contributed by atoms with Gasteiger partial charge in [-0.15, -0.1) is 0 Å². The zero-order valence-corrected chi connectivity index (χ0v) is 12.5. The average molecular weight is 322 g/mol. The van der Waals surface area contributed by atoms with Gasteiger partial charge in [-0.2, -0.15) is 17.2 Å². The Morgan fingerprint density at radius 3 is 2.00 bits per heavy atom. The van der Waals surface area contributed by atoms with Crippen LogP contribution in [0.3, 0.4) is 0 Å². The lowest BCUT2D eigenvalue weighted by Gasteiger charge is -2.56. The smallest absolute Gasteiger partial charge is 0.402 e. The van der Waals surface area contributed by atoms with E-state index in [9.17, 15) is 17.2 Å². The Hall–Kier alpha value is -0.690. The zero-order valence-electron chi connectivity index (χ0n) is 11.7. The molecule has 4 saturated carbocycles. The number of hydrogen-bond donors (Lipinski definition) is 1. The van der Waals surface area contributed by atoms with E-state index >= 15 is 0 Å². The van der Waals surface area contributed by atoms with Crippen LogP contribution in [-0.2, 0) is 14.9 Å². The number of ether oxygens (including phenoxy) is 1. The van der Waals surface area contributed by atoms with Crippen LogP contribution in [0.2, 0.25) is 0 Å². The van der Waals surface area contributed by atoms with E-state index in [2.05, 4.69) is 6.58 Å². The van der Waals surface area contributed by atoms with Crippen LogP contribution in [0.4, 0.5) is 8.78 Å². The van der Waals surface area contributed by atoms with Crippen molar-refractivity contribution in [1.82, 2.24) is 0 Å². The molecule has 0 aromatic heterocycles. The third-order valence-electron chi connectivity index (χ3n) is 5.42. The summed E-state index contributed by atoms with van der Waals surface area (Å²) in [5.74, 6) is 2.10. The molecular weight excluding hydrogens is 302 g/mol. The number of rotatable bonds is 5. The molecule has 0 unspecified atom stereocenters. The first kappa shape index (κ1) is 15.2. The molecule has 0 aromatic carbocycles. The van der Waals surface area contributed by atoms with E-state index in [4.69, 9.17) is 9.29 Å². The molecule has 4 aliphatic carbocycles. The van der Waals surface area contributed by atoms with Gasteiger partial charge in [0.1, 0.15) is 0 Å². The van der Waals surface area contributed by atoms with Crippen molar-refractivity contribution in [3.05, 3.63) is 12.3 Å². The summed E-state index contributed by atoms with van der Waals surface area (Å²) in [6.45, 7) is 2.43. The van der Waals surface area contributed by atoms with Crippen LogP contribution < -0.4 is 0 Å². The molecule has 1 N–H and O–H groups in total. The van der Waals surface area contributed by atoms with Gasteiger partial charge in [-0.3, -0.25) is 4.55 Å². The largest absolute Gasteiger partial charge is 0.490 e. The van der Waals surface area contributed by atoms with Gasteiger partial charge < -0.3 is 4.74 Å². The molecule has 0 heterocycles. The summed E-state index contributed by atoms with van der Waals surface area (Å²) in [7, 11) is -5.45. The zero-order chi connectivity index (χ0) is 15.5. The predicted molar refractivity (Wildman–Crippen MR) is 72.2 cm³/mol. The lowest BCUT2D eigenvalue weighted by atomic mass is 9.49. The van der Waals surface area contributed by atoms with Crippen molar-refractivity contribution in [2.45, 2.75) is 43.8 Å². The molecule has 0 radical (unpaired) electrons. The minimum absolute atomic E-state index is 0.268. The van der Waals surface area contributed by atoms with Crippen LogP contribution in [0.15, 0.2) is 12.3 Å². The second-order valence-electron chi connectivity index (χ2n) is 7.02. The monoisotopic (exact) mass is 322 g/mol. The minimum atomic E-state index is -5.45. The molecule has 0 spiro atoms. The fraction of sp³-hybridized carbons (Fsp3) is 0.857. The van der Waals surface area contributed by atoms with Crippen molar-refractivity contribution < 1.29 is 26.5 Å². The van der Waals surface area contributed by atoms with Crippen LogP contribution >= 0.6 is 0 Å². The van der Waals surface area contributed by atoms with Crippen LogP contribution in [0.5, 0.6) is 0 Å². The summed E-state index contributed by atoms with van der Waals surface area (Å²) in [4.78, 5) is 0. The van der Waals surface area contributed by atoms with Crippen LogP contribution in [-0.4, -0.2) is 24.8 Å². The van der Waals surface area contributed by atoms with Crippen molar-refractivity contribution in [1.29, 1.82) is 0 Å². The van der Waals surface area contributed by atoms with Crippen molar-refractivity contribution in [2.24, 2.45) is 23.2 Å². The number of allylic oxidation sites excluding steroid dienone is 1. The van der Waals surface area contributed by atoms with E-state index in [0.29, 0.717) is 17.8 Å². The Morgan fingerprint density at radius 2 is 1.62 bits per heavy atom. The van der Waals surface area contributed by atoms with Crippen LogP contribution in [0.25, 0.3) is 0 Å². The summed E-state index contributed by atoms with van der Waals surface area (Å²) in [6.07, 6.45) is 6.30. The van der Waals surface area contributed by atoms with Gasteiger partial charge in [0.2, 0.25) is 0 Å². The Bertz CT molecular complexity index is 520. The highest BCUT2D eigenvalue weighted by Crippen LogP contribution is 2.62. The molecule has 0 saturated heterocycles. The third-order valence-corrected chi connectivity index (χ3v) is 6.29. The molecule has 4 bridgehead atoms. The van der Waals surface area contributed by atoms with Gasteiger partial charge in [0.25, 0.3) is 0 Å². The van der Waals surface area contributed by atoms with Gasteiger partial charge in [-0.25, -0.2) is 0 Å². The van der Waals surface area contributed by atoms with E-state index in [0.717, 1.165) is 19.3 Å². The number of hydrogen-bond acceptors (Lipinski definition) is 3. The maximum absolute atomic E-state index is 13.3. The van der Waals surface area contributed by atoms with Gasteiger partial charge in [0.15, 0.2) is 6.61 Å². The quantitative estimate of drug-likeness (QED) is 0.623. The Morgan fingerprint density at radius 1 is 1.19 bits per heavy atom. The first-order chi connectivity index (χ1) is 9.61. The molecule has 4 nitrogen and oxygen atoms in total. The topological polar surface area (TPSA) is 63.6 Å². The van der Waals surface area contributed by atoms with Gasteiger partial charge in [-0.05, 0) is 56.3 Å². The minimum Gasteiger partial charge on any atom is -0.490 e. The Kier molecular flexibility index (Phi) is 3.37. The fourth-order valence-corrected chi connectivity index (χ4v) is 5.06. The molecule has 0 atom stereocenters. The second kappa shape index (κ2) is 4.65. The molecule has 120 valence electrons. The molecule has 0 aliphatic heterocycles. The summed E-state index contributed by atoms with van der Waals surface area (Å²) in [5.41, 5.74) is -0.274. The lowest BCUT2D eigenvalue weighted by Crippen LogP contribution is -2.47. The summed E-state index contributed by atoms with van der Waals surface area (Å²) >= 11 is 0. The lowest BCUT2D eigenvalue weighted by molar-refractivity contribution is -0.0770. The van der Waals surface area contributed by atoms with Gasteiger partial charge >= 0.3 is 15.4 Å². The molecule has 4 fully saturated rings. The molecule has 7 heteroatoms. The van der Waals surface area contributed by atoms with Gasteiger partial charge in [0.05, 0.1) is 5.76 Å². The second-order valence-corrected chi connectivity index (χ2v) is 8.57. The van der Waals surface area contributed by atoms with E-state index in [1.807, 2.05) is 0 Å². The first-order valence-electron chi connectivity index (χ1n) is 7.28. The average Bonchev–Trinajstić information content (AvgIpc) is 2.32. The van der Waals surface area contributed by atoms with Crippen LogP contribution in [0, 0.1) is 23.2 Å². The molecule has 4 rings (SSSR count). The highest BCUT2D eigenvalue weighted by Gasteiger charge is 2.54. The molecule has 0 aromatic rings. The van der Waals surface area contributed by atoms with Gasteiger partial charge in [-0.1, -0.05) is 6.58 Å². The Balaban J connectivity index is 1.69. The predicted octanol–water partition coefficient (Wildman–Crippen LogP) is 3.21. The van der Waals surface area contributed by atoms with E-state index < -0.39 is 22.0 Å². The number of alkyl halides is 2. The van der Waals surface area contributed by atoms with E-state index in [1.165, 1.54) is 19.3 Å². The Labute approximate surface area is 123 Å². The van der Waals surface area contributed by atoms with E-state index in [-0.39, 0.29) is 11.2 Å².